The average Bonchev–Trinajstić information content (AvgIpc) is 3.22. The summed E-state index contributed by atoms with van der Waals surface area (Å²) in [6, 6.07) is -2.69. The largest absolute Gasteiger partial charge is 0.513 e. The molecule has 0 saturated carbocycles. The highest BCUT2D eigenvalue weighted by Crippen LogP contribution is 2.15. The van der Waals surface area contributed by atoms with Gasteiger partial charge in [0.25, 0.3) is 0 Å². The second-order valence-electron chi connectivity index (χ2n) is 16.2. The van der Waals surface area contributed by atoms with Crippen LogP contribution < -0.4 is 37.1 Å². The number of unbranched alkanes of at least 4 members (excludes halogenated alkanes) is 16. The molecule has 0 heterocycles. The van der Waals surface area contributed by atoms with E-state index in [4.69, 9.17) is 18.2 Å². The summed E-state index contributed by atoms with van der Waals surface area (Å²) in [6.45, 7) is 4.82. The van der Waals surface area contributed by atoms with Crippen molar-refractivity contribution in [2.45, 2.75) is 198 Å². The molecule has 16 nitrogen and oxygen atoms in total. The lowest BCUT2D eigenvalue weighted by Crippen LogP contribution is -2.44. The maximum atomic E-state index is 12.7. The summed E-state index contributed by atoms with van der Waals surface area (Å²) >= 11 is 0. The van der Waals surface area contributed by atoms with Crippen molar-refractivity contribution >= 4 is 43.5 Å². The Bertz CT molecular complexity index is 1230. The van der Waals surface area contributed by atoms with Crippen LogP contribution in [0.3, 0.4) is 0 Å². The molecule has 0 aromatic carbocycles. The van der Waals surface area contributed by atoms with E-state index in [9.17, 15) is 33.9 Å². The van der Waals surface area contributed by atoms with Crippen LogP contribution >= 0.6 is 0 Å². The van der Waals surface area contributed by atoms with Gasteiger partial charge in [0.05, 0.1) is 23.9 Å². The van der Waals surface area contributed by atoms with Gasteiger partial charge in [-0.1, -0.05) is 83.6 Å². The Kier molecular flexibility index (Phi) is 36.8. The zero-order chi connectivity index (χ0) is 45.5. The first kappa shape index (κ1) is 57.3. The number of carbonyl (C=O) groups excluding carboxylic acids is 4. The fourth-order valence-corrected chi connectivity index (χ4v) is 7.03. The summed E-state index contributed by atoms with van der Waals surface area (Å²) < 4.78 is 0. The standard InChI is InChI=1S/C44H82BN7O9/c1-34(53)24-16-14-12-10-8-6-4-5-7-9-11-13-15-17-28-40(55)51-37(43(58)59)29-30-39(54)48-31-21-18-25-35(46-2)41(56)49-32-22-19-26-36(47-3)42(57)50-33-23-20-27-38(52-45)44(60)61/h35-38,46-47,52-53H,1,4-33H2,2-3H3,(H,48,54)(H,49,56)(H,50,57)(H,51,55)(H,58,59)(H,60,61)/t35-,36?,37?,38?/m0/s1. The third-order valence-corrected chi connectivity index (χ3v) is 10.9. The predicted octanol–water partition coefficient (Wildman–Crippen LogP) is 4.81. The lowest BCUT2D eigenvalue weighted by atomic mass is 10.0. The highest BCUT2D eigenvalue weighted by atomic mass is 16.4. The molecule has 0 rings (SSSR count). The van der Waals surface area contributed by atoms with Gasteiger partial charge in [-0.2, -0.15) is 0 Å². The predicted molar refractivity (Wildman–Crippen MR) is 241 cm³/mol. The Labute approximate surface area is 367 Å². The molecule has 3 unspecified atom stereocenters. The number of likely N-dealkylation sites (N-methyl/N-ethyl adjacent to an activating group) is 2. The average molecular weight is 864 g/mol. The van der Waals surface area contributed by atoms with Gasteiger partial charge in [-0.25, -0.2) is 4.79 Å². The van der Waals surface area contributed by atoms with Gasteiger partial charge in [-0.3, -0.25) is 24.0 Å². The summed E-state index contributed by atoms with van der Waals surface area (Å²) in [5.74, 6) is -2.72. The maximum Gasteiger partial charge on any atom is 0.326 e. The molecule has 0 spiro atoms. The molecule has 10 N–H and O–H groups in total. The fourth-order valence-electron chi connectivity index (χ4n) is 7.03. The van der Waals surface area contributed by atoms with Crippen molar-refractivity contribution in [1.82, 2.24) is 37.1 Å². The van der Waals surface area contributed by atoms with Gasteiger partial charge in [0.2, 0.25) is 23.6 Å². The van der Waals surface area contributed by atoms with E-state index >= 15 is 0 Å². The fraction of sp³-hybridized carbons (Fsp3) is 0.818. The molecule has 0 aromatic heterocycles. The first-order chi connectivity index (χ1) is 29.4. The number of rotatable bonds is 43. The molecule has 0 bridgehead atoms. The Hall–Kier alpha value is -3.70. The van der Waals surface area contributed by atoms with E-state index in [-0.39, 0.29) is 54.7 Å². The van der Waals surface area contributed by atoms with Crippen LogP contribution in [0, 0.1) is 0 Å². The normalized spacial score (nSPS) is 13.1. The van der Waals surface area contributed by atoms with E-state index < -0.39 is 30.1 Å². The molecule has 0 aliphatic heterocycles. The first-order valence-electron chi connectivity index (χ1n) is 23.1. The van der Waals surface area contributed by atoms with Gasteiger partial charge >= 0.3 is 11.9 Å². The number of carbonyl (C=O) groups is 6. The van der Waals surface area contributed by atoms with Crippen molar-refractivity contribution < 1.29 is 44.1 Å². The quantitative estimate of drug-likeness (QED) is 0.0226. The molecule has 0 saturated heterocycles. The second-order valence-corrected chi connectivity index (χ2v) is 16.2. The molecule has 350 valence electrons. The molecule has 0 aliphatic carbocycles. The van der Waals surface area contributed by atoms with Crippen molar-refractivity contribution in [3.05, 3.63) is 12.3 Å². The third-order valence-electron chi connectivity index (χ3n) is 10.9. The van der Waals surface area contributed by atoms with E-state index in [0.29, 0.717) is 83.8 Å². The summed E-state index contributed by atoms with van der Waals surface area (Å²) in [5.41, 5.74) is 0. The number of aliphatic hydroxyl groups is 1. The monoisotopic (exact) mass is 864 g/mol. The zero-order valence-corrected chi connectivity index (χ0v) is 37.6. The highest BCUT2D eigenvalue weighted by molar-refractivity contribution is 6.06. The van der Waals surface area contributed by atoms with Crippen LogP contribution in [0.2, 0.25) is 0 Å². The van der Waals surface area contributed by atoms with Crippen molar-refractivity contribution in [2.75, 3.05) is 33.7 Å². The minimum absolute atomic E-state index is 0.00492. The smallest absolute Gasteiger partial charge is 0.326 e. The minimum atomic E-state index is -1.16. The van der Waals surface area contributed by atoms with Crippen molar-refractivity contribution in [3.63, 3.8) is 0 Å². The SMILES string of the molecule is [B]NC(CCCCNC(=O)C(CCCCNC(=O)[C@H](CCCCNC(=O)CCC(NC(=O)CCCCCCCCCCCCCCCCC(=C)O)C(=O)O)NC)NC)C(=O)O. The van der Waals surface area contributed by atoms with Gasteiger partial charge in [-0.05, 0) is 91.1 Å². The van der Waals surface area contributed by atoms with E-state index in [1.165, 1.54) is 51.4 Å². The number of aliphatic hydroxyl groups excluding tert-OH is 1. The zero-order valence-electron chi connectivity index (χ0n) is 37.6. The molecule has 17 heteroatoms. The van der Waals surface area contributed by atoms with Crippen LogP contribution in [0.15, 0.2) is 12.3 Å². The van der Waals surface area contributed by atoms with Gasteiger partial charge in [0.1, 0.15) is 6.04 Å². The number of aliphatic carboxylic acids is 2. The Morgan fingerprint density at radius 1 is 0.443 bits per heavy atom. The van der Waals surface area contributed by atoms with Gasteiger partial charge < -0.3 is 52.4 Å². The van der Waals surface area contributed by atoms with Crippen molar-refractivity contribution in [3.8, 4) is 0 Å². The number of hydrogen-bond donors (Lipinski definition) is 10. The van der Waals surface area contributed by atoms with Crippen LogP contribution in [-0.4, -0.2) is 117 Å². The lowest BCUT2D eigenvalue weighted by molar-refractivity contribution is -0.142. The van der Waals surface area contributed by atoms with E-state index in [1.807, 2.05) is 0 Å². The topological polar surface area (TPSA) is 247 Å². The highest BCUT2D eigenvalue weighted by Gasteiger charge is 2.21. The molecule has 2 radical (unpaired) electrons. The lowest BCUT2D eigenvalue weighted by Gasteiger charge is -2.18. The van der Waals surface area contributed by atoms with Crippen LogP contribution in [0.1, 0.15) is 173 Å². The van der Waals surface area contributed by atoms with Crippen LogP contribution in [0.25, 0.3) is 0 Å². The number of amides is 4. The molecular formula is C44H82BN7O9. The number of carboxylic acids is 2. The second kappa shape index (κ2) is 39.2. The van der Waals surface area contributed by atoms with E-state index in [2.05, 4.69) is 43.7 Å². The number of carboxylic acid groups (broad SMARTS) is 2. The van der Waals surface area contributed by atoms with Crippen LogP contribution in [-0.2, 0) is 28.8 Å². The minimum Gasteiger partial charge on any atom is -0.513 e. The van der Waals surface area contributed by atoms with Crippen molar-refractivity contribution in [2.24, 2.45) is 0 Å². The summed E-state index contributed by atoms with van der Waals surface area (Å²) in [5, 5.41) is 47.2. The number of allylic oxidation sites excluding steroid dienone is 1. The molecule has 0 aromatic rings. The summed E-state index contributed by atoms with van der Waals surface area (Å²) in [7, 11) is 8.67. The molecular weight excluding hydrogens is 781 g/mol. The number of hydrogen-bond acceptors (Lipinski definition) is 10. The Balaban J connectivity index is 4.02. The third kappa shape index (κ3) is 33.6. The summed E-state index contributed by atoms with van der Waals surface area (Å²) in [6.07, 6.45) is 22.5. The molecule has 61 heavy (non-hydrogen) atoms. The number of nitrogens with one attached hydrogen (secondary N) is 7. The molecule has 4 amide bonds. The van der Waals surface area contributed by atoms with Gasteiger partial charge in [-0.15, -0.1) is 0 Å². The Morgan fingerprint density at radius 3 is 1.20 bits per heavy atom. The molecule has 0 aliphatic rings. The van der Waals surface area contributed by atoms with Crippen molar-refractivity contribution in [1.29, 1.82) is 0 Å². The first-order valence-corrected chi connectivity index (χ1v) is 23.1. The van der Waals surface area contributed by atoms with Gasteiger partial charge in [0.15, 0.2) is 7.98 Å². The molecule has 4 atom stereocenters. The summed E-state index contributed by atoms with van der Waals surface area (Å²) in [4.78, 5) is 72.8. The van der Waals surface area contributed by atoms with Crippen LogP contribution in [0.5, 0.6) is 0 Å². The molecule has 0 fully saturated rings. The Morgan fingerprint density at radius 2 is 0.820 bits per heavy atom. The maximum absolute atomic E-state index is 12.7. The van der Waals surface area contributed by atoms with Gasteiger partial charge in [0, 0.05) is 38.9 Å². The van der Waals surface area contributed by atoms with E-state index in [0.717, 1.165) is 38.5 Å². The van der Waals surface area contributed by atoms with Crippen LogP contribution in [0.4, 0.5) is 0 Å². The van der Waals surface area contributed by atoms with E-state index in [1.54, 1.807) is 14.1 Å².